The Morgan fingerprint density at radius 1 is 0.862 bits per heavy atom. The minimum absolute atomic E-state index is 0.529. The molecule has 0 bridgehead atoms. The molecule has 0 spiro atoms. The maximum atomic E-state index is 5.42. The number of hydrogen-bond acceptors (Lipinski definition) is 7. The number of benzene rings is 2. The lowest BCUT2D eigenvalue weighted by Gasteiger charge is -2.15. The van der Waals surface area contributed by atoms with Crippen LogP contribution in [0.4, 0.5) is 23.1 Å². The van der Waals surface area contributed by atoms with Crippen LogP contribution in [0, 0.1) is 6.92 Å². The van der Waals surface area contributed by atoms with Crippen molar-refractivity contribution in [1.29, 1.82) is 0 Å². The molecule has 3 aromatic rings. The fourth-order valence-electron chi connectivity index (χ4n) is 3.06. The zero-order chi connectivity index (χ0) is 20.8. The highest BCUT2D eigenvalue weighted by Gasteiger charge is 2.14. The van der Waals surface area contributed by atoms with Gasteiger partial charge in [-0.15, -0.1) is 0 Å². The number of aromatic nitrogens is 2. The molecule has 0 atom stereocenters. The summed E-state index contributed by atoms with van der Waals surface area (Å²) in [6.45, 7) is 4.05. The molecule has 0 aliphatic carbocycles. The fraction of sp³-hybridized carbons (Fsp3) is 0.273. The molecule has 0 aliphatic heterocycles. The highest BCUT2D eigenvalue weighted by Crippen LogP contribution is 2.40. The van der Waals surface area contributed by atoms with Crippen LogP contribution in [0.25, 0.3) is 0 Å². The monoisotopic (exact) mass is 394 g/mol. The van der Waals surface area contributed by atoms with E-state index in [4.69, 9.17) is 14.2 Å². The van der Waals surface area contributed by atoms with Gasteiger partial charge in [-0.1, -0.05) is 25.1 Å². The number of ether oxygens (including phenoxy) is 3. The SMILES string of the molecule is CCc1ccccc1Nc1nc(C)cc(Nc2cc(OC)c(OC)c(OC)c2)n1. The first-order valence-corrected chi connectivity index (χ1v) is 9.35. The molecular formula is C22H26N4O3. The Kier molecular flexibility index (Phi) is 6.39. The van der Waals surface area contributed by atoms with E-state index in [1.807, 2.05) is 43.3 Å². The van der Waals surface area contributed by atoms with Gasteiger partial charge in [0.1, 0.15) is 5.82 Å². The Labute approximate surface area is 171 Å². The van der Waals surface area contributed by atoms with Gasteiger partial charge in [-0.3, -0.25) is 0 Å². The molecule has 7 nitrogen and oxygen atoms in total. The van der Waals surface area contributed by atoms with Crippen molar-refractivity contribution in [3.05, 3.63) is 53.7 Å². The van der Waals surface area contributed by atoms with Crippen LogP contribution in [0.3, 0.4) is 0 Å². The van der Waals surface area contributed by atoms with E-state index in [0.29, 0.717) is 29.0 Å². The Morgan fingerprint density at radius 2 is 1.55 bits per heavy atom. The maximum absolute atomic E-state index is 5.42. The topological polar surface area (TPSA) is 77.5 Å². The summed E-state index contributed by atoms with van der Waals surface area (Å²) in [4.78, 5) is 9.12. The van der Waals surface area contributed by atoms with Crippen LogP contribution in [0.15, 0.2) is 42.5 Å². The minimum Gasteiger partial charge on any atom is -0.493 e. The lowest BCUT2D eigenvalue weighted by molar-refractivity contribution is 0.324. The van der Waals surface area contributed by atoms with Crippen molar-refractivity contribution in [2.75, 3.05) is 32.0 Å². The van der Waals surface area contributed by atoms with Crippen molar-refractivity contribution >= 4 is 23.1 Å². The molecule has 2 N–H and O–H groups in total. The Balaban J connectivity index is 1.91. The predicted molar refractivity (Wildman–Crippen MR) is 115 cm³/mol. The molecule has 0 aliphatic rings. The Hall–Kier alpha value is -3.48. The van der Waals surface area contributed by atoms with E-state index in [9.17, 15) is 0 Å². The minimum atomic E-state index is 0.529. The van der Waals surface area contributed by atoms with Crippen LogP contribution in [-0.2, 0) is 6.42 Å². The average Bonchev–Trinajstić information content (AvgIpc) is 2.72. The third-order valence-corrected chi connectivity index (χ3v) is 4.44. The van der Waals surface area contributed by atoms with Crippen LogP contribution < -0.4 is 24.8 Å². The molecule has 2 aromatic carbocycles. The Bertz CT molecular complexity index is 967. The van der Waals surface area contributed by atoms with Crippen molar-refractivity contribution < 1.29 is 14.2 Å². The lowest BCUT2D eigenvalue weighted by atomic mass is 10.1. The summed E-state index contributed by atoms with van der Waals surface area (Å²) in [6, 6.07) is 13.7. The molecule has 0 radical (unpaired) electrons. The van der Waals surface area contributed by atoms with E-state index in [2.05, 4.69) is 33.6 Å². The molecule has 0 unspecified atom stereocenters. The van der Waals surface area contributed by atoms with Gasteiger partial charge in [0, 0.05) is 35.3 Å². The van der Waals surface area contributed by atoms with E-state index in [-0.39, 0.29) is 0 Å². The molecule has 0 amide bonds. The quantitative estimate of drug-likeness (QED) is 0.565. The maximum Gasteiger partial charge on any atom is 0.229 e. The van der Waals surface area contributed by atoms with E-state index in [1.54, 1.807) is 21.3 Å². The fourth-order valence-corrected chi connectivity index (χ4v) is 3.06. The number of para-hydroxylation sites is 1. The van der Waals surface area contributed by atoms with Gasteiger partial charge in [-0.2, -0.15) is 4.98 Å². The summed E-state index contributed by atoms with van der Waals surface area (Å²) in [6.07, 6.45) is 0.922. The molecule has 0 fully saturated rings. The van der Waals surface area contributed by atoms with Gasteiger partial charge in [-0.25, -0.2) is 4.98 Å². The Morgan fingerprint density at radius 3 is 2.17 bits per heavy atom. The molecule has 1 heterocycles. The van der Waals surface area contributed by atoms with Crippen LogP contribution in [-0.4, -0.2) is 31.3 Å². The molecule has 3 rings (SSSR count). The highest BCUT2D eigenvalue weighted by molar-refractivity contribution is 5.68. The third-order valence-electron chi connectivity index (χ3n) is 4.44. The smallest absolute Gasteiger partial charge is 0.229 e. The average molecular weight is 394 g/mol. The standard InChI is InChI=1S/C22H26N4O3/c1-6-15-9-7-8-10-17(15)25-22-23-14(2)11-20(26-22)24-16-12-18(27-3)21(29-5)19(13-16)28-4/h7-13H,6H2,1-5H3,(H2,23,24,25,26). The number of hydrogen-bond donors (Lipinski definition) is 2. The molecular weight excluding hydrogens is 368 g/mol. The second-order valence-electron chi connectivity index (χ2n) is 6.39. The van der Waals surface area contributed by atoms with Gasteiger partial charge in [-0.05, 0) is 25.0 Å². The highest BCUT2D eigenvalue weighted by atomic mass is 16.5. The van der Waals surface area contributed by atoms with Gasteiger partial charge < -0.3 is 24.8 Å². The van der Waals surface area contributed by atoms with Gasteiger partial charge in [0.15, 0.2) is 11.5 Å². The first kappa shape index (κ1) is 20.3. The van der Waals surface area contributed by atoms with Crippen molar-refractivity contribution in [3.63, 3.8) is 0 Å². The predicted octanol–water partition coefficient (Wildman–Crippen LogP) is 4.86. The van der Waals surface area contributed by atoms with Gasteiger partial charge in [0.2, 0.25) is 11.7 Å². The largest absolute Gasteiger partial charge is 0.493 e. The van der Waals surface area contributed by atoms with Crippen molar-refractivity contribution in [2.24, 2.45) is 0 Å². The van der Waals surface area contributed by atoms with Crippen molar-refractivity contribution in [1.82, 2.24) is 9.97 Å². The number of nitrogens with one attached hydrogen (secondary N) is 2. The normalized spacial score (nSPS) is 10.4. The van der Waals surface area contributed by atoms with Crippen LogP contribution in [0.5, 0.6) is 17.2 Å². The summed E-state index contributed by atoms with van der Waals surface area (Å²) >= 11 is 0. The van der Waals surface area contributed by atoms with Crippen LogP contribution in [0.1, 0.15) is 18.2 Å². The molecule has 1 aromatic heterocycles. The number of rotatable bonds is 8. The number of aryl methyl sites for hydroxylation is 2. The van der Waals surface area contributed by atoms with Crippen LogP contribution >= 0.6 is 0 Å². The molecule has 152 valence electrons. The van der Waals surface area contributed by atoms with Crippen molar-refractivity contribution in [2.45, 2.75) is 20.3 Å². The van der Waals surface area contributed by atoms with Gasteiger partial charge in [0.25, 0.3) is 0 Å². The molecule has 29 heavy (non-hydrogen) atoms. The second kappa shape index (κ2) is 9.14. The summed E-state index contributed by atoms with van der Waals surface area (Å²) in [7, 11) is 4.75. The summed E-state index contributed by atoms with van der Waals surface area (Å²) in [5.41, 5.74) is 3.81. The first-order valence-electron chi connectivity index (χ1n) is 9.35. The number of anilines is 4. The van der Waals surface area contributed by atoms with Crippen molar-refractivity contribution in [3.8, 4) is 17.2 Å². The molecule has 0 saturated carbocycles. The van der Waals surface area contributed by atoms with E-state index in [0.717, 1.165) is 23.5 Å². The first-order chi connectivity index (χ1) is 14.1. The van der Waals surface area contributed by atoms with Gasteiger partial charge in [0.05, 0.1) is 21.3 Å². The third kappa shape index (κ3) is 4.68. The second-order valence-corrected chi connectivity index (χ2v) is 6.39. The van der Waals surface area contributed by atoms with E-state index < -0.39 is 0 Å². The summed E-state index contributed by atoms with van der Waals surface area (Å²) < 4.78 is 16.2. The van der Waals surface area contributed by atoms with Gasteiger partial charge >= 0.3 is 0 Å². The zero-order valence-electron chi connectivity index (χ0n) is 17.4. The van der Waals surface area contributed by atoms with E-state index >= 15 is 0 Å². The lowest BCUT2D eigenvalue weighted by Crippen LogP contribution is -2.04. The number of methoxy groups -OCH3 is 3. The summed E-state index contributed by atoms with van der Waals surface area (Å²) in [5, 5.41) is 6.62. The summed E-state index contributed by atoms with van der Waals surface area (Å²) in [5.74, 6) is 2.85. The van der Waals surface area contributed by atoms with E-state index in [1.165, 1.54) is 5.56 Å². The zero-order valence-corrected chi connectivity index (χ0v) is 17.4. The number of nitrogens with zero attached hydrogens (tertiary/aromatic N) is 2. The molecule has 0 saturated heterocycles. The van der Waals surface area contributed by atoms with Crippen LogP contribution in [0.2, 0.25) is 0 Å². The molecule has 7 heteroatoms.